The number of nitrogens with zero attached hydrogens (tertiary/aromatic N) is 2. The van der Waals surface area contributed by atoms with Crippen LogP contribution in [0.2, 0.25) is 0 Å². The highest BCUT2D eigenvalue weighted by atomic mass is 16.5. The number of methoxy groups -OCH3 is 2. The number of hydrogen-bond donors (Lipinski definition) is 0. The molecule has 19 heavy (non-hydrogen) atoms. The van der Waals surface area contributed by atoms with Gasteiger partial charge in [-0.3, -0.25) is 0 Å². The fourth-order valence-corrected chi connectivity index (χ4v) is 1.78. The van der Waals surface area contributed by atoms with Crippen LogP contribution in [0.15, 0.2) is 12.1 Å². The Kier molecular flexibility index (Phi) is 4.91. The van der Waals surface area contributed by atoms with E-state index in [0.29, 0.717) is 16.9 Å². The Morgan fingerprint density at radius 1 is 1.32 bits per heavy atom. The molecule has 0 heterocycles. The lowest BCUT2D eigenvalue weighted by molar-refractivity contribution is 0.0599. The largest absolute Gasteiger partial charge is 0.496 e. The topological polar surface area (TPSA) is 83.1 Å². The van der Waals surface area contributed by atoms with Gasteiger partial charge < -0.3 is 9.47 Å². The molecule has 0 aliphatic heterocycles. The minimum absolute atomic E-state index is 0.183. The fraction of sp³-hybridized carbons (Fsp3) is 0.357. The molecule has 0 aliphatic carbocycles. The van der Waals surface area contributed by atoms with E-state index in [1.165, 1.54) is 14.2 Å². The summed E-state index contributed by atoms with van der Waals surface area (Å²) in [5, 5.41) is 17.7. The molecule has 1 rings (SSSR count). The van der Waals surface area contributed by atoms with Gasteiger partial charge in [0.1, 0.15) is 11.7 Å². The predicted molar refractivity (Wildman–Crippen MR) is 67.5 cm³/mol. The summed E-state index contributed by atoms with van der Waals surface area (Å²) in [5.41, 5.74) is 1.76. The van der Waals surface area contributed by atoms with Crippen molar-refractivity contribution in [1.29, 1.82) is 10.5 Å². The number of hydrogen-bond acceptors (Lipinski definition) is 5. The van der Waals surface area contributed by atoms with Crippen molar-refractivity contribution in [3.05, 3.63) is 28.8 Å². The number of esters is 1. The zero-order valence-corrected chi connectivity index (χ0v) is 11.1. The molecule has 5 heteroatoms. The molecule has 5 nitrogen and oxygen atoms in total. The number of benzene rings is 1. The first-order valence-electron chi connectivity index (χ1n) is 5.62. The van der Waals surface area contributed by atoms with Crippen molar-refractivity contribution in [2.24, 2.45) is 5.92 Å². The minimum atomic E-state index is -0.795. The number of aryl methyl sites for hydroxylation is 1. The van der Waals surface area contributed by atoms with Crippen molar-refractivity contribution in [2.75, 3.05) is 14.2 Å². The first-order valence-corrected chi connectivity index (χ1v) is 5.62. The second kappa shape index (κ2) is 6.42. The van der Waals surface area contributed by atoms with E-state index >= 15 is 0 Å². The smallest absolute Gasteiger partial charge is 0.338 e. The molecule has 0 aromatic heterocycles. The third-order valence-corrected chi connectivity index (χ3v) is 2.76. The first kappa shape index (κ1) is 14.5. The Hall–Kier alpha value is -2.53. The van der Waals surface area contributed by atoms with E-state index < -0.39 is 11.9 Å². The van der Waals surface area contributed by atoms with Crippen LogP contribution in [-0.2, 0) is 11.2 Å². The number of ether oxygens (including phenoxy) is 2. The fourth-order valence-electron chi connectivity index (χ4n) is 1.78. The summed E-state index contributed by atoms with van der Waals surface area (Å²) < 4.78 is 9.86. The van der Waals surface area contributed by atoms with E-state index in [1.807, 2.05) is 19.1 Å². The van der Waals surface area contributed by atoms with Crippen LogP contribution < -0.4 is 4.74 Å². The van der Waals surface area contributed by atoms with Crippen molar-refractivity contribution in [2.45, 2.75) is 13.3 Å². The zero-order chi connectivity index (χ0) is 14.4. The van der Waals surface area contributed by atoms with Crippen LogP contribution in [0.4, 0.5) is 0 Å². The Bertz CT molecular complexity index is 553. The molecule has 1 aromatic carbocycles. The maximum absolute atomic E-state index is 11.7. The molecule has 0 spiro atoms. The lowest BCUT2D eigenvalue weighted by atomic mass is 9.95. The van der Waals surface area contributed by atoms with Gasteiger partial charge in [0.25, 0.3) is 0 Å². The quantitative estimate of drug-likeness (QED) is 0.771. The van der Waals surface area contributed by atoms with Crippen molar-refractivity contribution in [3.63, 3.8) is 0 Å². The third-order valence-electron chi connectivity index (χ3n) is 2.76. The van der Waals surface area contributed by atoms with Gasteiger partial charge in [0, 0.05) is 6.42 Å². The predicted octanol–water partition coefficient (Wildman–Crippen LogP) is 2.00. The maximum Gasteiger partial charge on any atom is 0.338 e. The van der Waals surface area contributed by atoms with E-state index in [2.05, 4.69) is 0 Å². The summed E-state index contributed by atoms with van der Waals surface area (Å²) >= 11 is 0. The standard InChI is InChI=1S/C14H14N2O3/c1-9-4-11(5-10(7-15)8-16)12(14(17)19-3)6-13(9)18-2/h4,6,10H,5H2,1-3H3. The van der Waals surface area contributed by atoms with Crippen LogP contribution in [0.1, 0.15) is 21.5 Å². The van der Waals surface area contributed by atoms with Gasteiger partial charge >= 0.3 is 5.97 Å². The van der Waals surface area contributed by atoms with Gasteiger partial charge in [-0.25, -0.2) is 4.79 Å². The van der Waals surface area contributed by atoms with E-state index in [-0.39, 0.29) is 6.42 Å². The van der Waals surface area contributed by atoms with E-state index in [4.69, 9.17) is 20.0 Å². The Morgan fingerprint density at radius 3 is 2.42 bits per heavy atom. The number of carbonyl (C=O) groups excluding carboxylic acids is 1. The summed E-state index contributed by atoms with van der Waals surface area (Å²) in [6, 6.07) is 7.09. The molecule has 0 saturated heterocycles. The lowest BCUT2D eigenvalue weighted by Gasteiger charge is -2.12. The van der Waals surface area contributed by atoms with Gasteiger partial charge in [-0.05, 0) is 24.1 Å². The van der Waals surface area contributed by atoms with Gasteiger partial charge in [-0.2, -0.15) is 10.5 Å². The average molecular weight is 258 g/mol. The molecular formula is C14H14N2O3. The second-order valence-electron chi connectivity index (χ2n) is 3.99. The highest BCUT2D eigenvalue weighted by Gasteiger charge is 2.18. The van der Waals surface area contributed by atoms with Crippen molar-refractivity contribution in [1.82, 2.24) is 0 Å². The molecule has 0 bridgehead atoms. The average Bonchev–Trinajstić information content (AvgIpc) is 2.43. The lowest BCUT2D eigenvalue weighted by Crippen LogP contribution is -2.10. The molecule has 0 aliphatic rings. The van der Waals surface area contributed by atoms with Crippen LogP contribution in [0.5, 0.6) is 5.75 Å². The van der Waals surface area contributed by atoms with Crippen LogP contribution in [0.3, 0.4) is 0 Å². The normalized spacial score (nSPS) is 9.58. The van der Waals surface area contributed by atoms with Gasteiger partial charge in [-0.1, -0.05) is 6.07 Å². The molecule has 1 aromatic rings. The van der Waals surface area contributed by atoms with Crippen LogP contribution in [0, 0.1) is 35.5 Å². The van der Waals surface area contributed by atoms with Gasteiger partial charge in [-0.15, -0.1) is 0 Å². The Balaban J connectivity index is 3.29. The molecule has 0 atom stereocenters. The molecule has 0 radical (unpaired) electrons. The highest BCUT2D eigenvalue weighted by molar-refractivity contribution is 5.91. The third kappa shape index (κ3) is 3.23. The van der Waals surface area contributed by atoms with Gasteiger partial charge in [0.15, 0.2) is 0 Å². The Morgan fingerprint density at radius 2 is 1.95 bits per heavy atom. The van der Waals surface area contributed by atoms with Crippen molar-refractivity contribution < 1.29 is 14.3 Å². The minimum Gasteiger partial charge on any atom is -0.496 e. The number of nitriles is 2. The summed E-state index contributed by atoms with van der Waals surface area (Å²) in [7, 11) is 2.79. The monoisotopic (exact) mass is 258 g/mol. The maximum atomic E-state index is 11.7. The van der Waals surface area contributed by atoms with E-state index in [9.17, 15) is 4.79 Å². The summed E-state index contributed by atoms with van der Waals surface area (Å²) in [6.07, 6.45) is 0.183. The molecule has 0 saturated carbocycles. The second-order valence-corrected chi connectivity index (χ2v) is 3.99. The summed E-state index contributed by atoms with van der Waals surface area (Å²) in [5.74, 6) is -0.742. The Labute approximate surface area is 112 Å². The first-order chi connectivity index (χ1) is 9.07. The number of carbonyl (C=O) groups is 1. The van der Waals surface area contributed by atoms with E-state index in [1.54, 1.807) is 12.1 Å². The molecule has 0 amide bonds. The summed E-state index contributed by atoms with van der Waals surface area (Å²) in [4.78, 5) is 11.7. The molecule has 0 unspecified atom stereocenters. The summed E-state index contributed by atoms with van der Waals surface area (Å²) in [6.45, 7) is 1.83. The van der Waals surface area contributed by atoms with Gasteiger partial charge in [0.2, 0.25) is 0 Å². The van der Waals surface area contributed by atoms with Crippen molar-refractivity contribution >= 4 is 5.97 Å². The van der Waals surface area contributed by atoms with Crippen LogP contribution in [-0.4, -0.2) is 20.2 Å². The number of rotatable bonds is 4. The van der Waals surface area contributed by atoms with Gasteiger partial charge in [0.05, 0.1) is 31.9 Å². The molecule has 0 fully saturated rings. The molecule has 0 N–H and O–H groups in total. The van der Waals surface area contributed by atoms with E-state index in [0.717, 1.165) is 5.56 Å². The molecule has 98 valence electrons. The van der Waals surface area contributed by atoms with Crippen LogP contribution >= 0.6 is 0 Å². The highest BCUT2D eigenvalue weighted by Crippen LogP contribution is 2.25. The molecular weight excluding hydrogens is 244 g/mol. The van der Waals surface area contributed by atoms with Crippen molar-refractivity contribution in [3.8, 4) is 17.9 Å². The van der Waals surface area contributed by atoms with Crippen LogP contribution in [0.25, 0.3) is 0 Å². The zero-order valence-electron chi connectivity index (χ0n) is 11.1. The SMILES string of the molecule is COC(=O)c1cc(OC)c(C)cc1CC(C#N)C#N.